The highest BCUT2D eigenvalue weighted by atomic mass is 19.4. The van der Waals surface area contributed by atoms with Gasteiger partial charge in [0.05, 0.1) is 11.3 Å². The topological polar surface area (TPSA) is 49.4 Å². The standard InChI is InChI=1S/C11H10F3N3O2/c1-17(2)10(19)16(9(18)15-17)8-6-4-3-5-7(8)11(12,13)14/h3-6H,1-2H3/p+1. The number of rotatable bonds is 1. The maximum atomic E-state index is 12.9. The van der Waals surface area contributed by atoms with Crippen LogP contribution >= 0.6 is 0 Å². The number of benzene rings is 1. The SMILES string of the molecule is C[N+]1(C)NC(=O)N(c2ccccc2C(F)(F)F)C1=O. The van der Waals surface area contributed by atoms with Crippen LogP contribution in [-0.2, 0) is 6.18 Å². The Kier molecular flexibility index (Phi) is 2.78. The number of para-hydroxylation sites is 1. The normalized spacial score (nSPS) is 18.7. The number of urea groups is 2. The van der Waals surface area contributed by atoms with Crippen LogP contribution in [0.3, 0.4) is 0 Å². The summed E-state index contributed by atoms with van der Waals surface area (Å²) in [7, 11) is 2.74. The average molecular weight is 274 g/mol. The number of alkyl halides is 3. The first-order chi connectivity index (χ1) is 8.64. The zero-order valence-electron chi connectivity index (χ0n) is 10.2. The molecule has 5 nitrogen and oxygen atoms in total. The number of amides is 4. The minimum Gasteiger partial charge on any atom is -0.242 e. The van der Waals surface area contributed by atoms with Gasteiger partial charge in [-0.25, -0.2) is 9.59 Å². The van der Waals surface area contributed by atoms with E-state index in [9.17, 15) is 22.8 Å². The van der Waals surface area contributed by atoms with Crippen molar-refractivity contribution < 1.29 is 27.4 Å². The third-order valence-electron chi connectivity index (χ3n) is 2.70. The van der Waals surface area contributed by atoms with Crippen molar-refractivity contribution in [2.24, 2.45) is 0 Å². The van der Waals surface area contributed by atoms with E-state index in [1.165, 1.54) is 26.2 Å². The highest BCUT2D eigenvalue weighted by Crippen LogP contribution is 2.37. The summed E-state index contributed by atoms with van der Waals surface area (Å²) < 4.78 is 38.1. The van der Waals surface area contributed by atoms with E-state index in [0.717, 1.165) is 12.1 Å². The number of nitrogens with zero attached hydrogens (tertiary/aromatic N) is 2. The molecular formula is C11H11F3N3O2+. The number of nitrogens with one attached hydrogen (secondary N) is 1. The van der Waals surface area contributed by atoms with Gasteiger partial charge in [0.2, 0.25) is 0 Å². The van der Waals surface area contributed by atoms with Crippen LogP contribution in [0.5, 0.6) is 0 Å². The minimum absolute atomic E-state index is 0.471. The van der Waals surface area contributed by atoms with E-state index < -0.39 is 34.1 Å². The van der Waals surface area contributed by atoms with Gasteiger partial charge in [0.1, 0.15) is 14.1 Å². The second kappa shape index (κ2) is 3.95. The lowest BCUT2D eigenvalue weighted by atomic mass is 10.1. The Morgan fingerprint density at radius 3 is 2.21 bits per heavy atom. The van der Waals surface area contributed by atoms with Gasteiger partial charge in [-0.1, -0.05) is 12.1 Å². The molecule has 0 spiro atoms. The van der Waals surface area contributed by atoms with Gasteiger partial charge in [-0.2, -0.15) is 23.5 Å². The number of hydrogen-bond donors (Lipinski definition) is 1. The van der Waals surface area contributed by atoms with Crippen LogP contribution in [0, 0.1) is 0 Å². The van der Waals surface area contributed by atoms with E-state index in [0.29, 0.717) is 4.90 Å². The lowest BCUT2D eigenvalue weighted by Gasteiger charge is -2.18. The Hall–Kier alpha value is -2.09. The molecule has 4 amide bonds. The second-order valence-electron chi connectivity index (χ2n) is 4.50. The number of carbonyl (C=O) groups excluding carboxylic acids is 2. The van der Waals surface area contributed by atoms with Gasteiger partial charge in [0, 0.05) is 0 Å². The van der Waals surface area contributed by atoms with Crippen LogP contribution in [0.25, 0.3) is 0 Å². The first-order valence-electron chi connectivity index (χ1n) is 5.32. The van der Waals surface area contributed by atoms with Crippen molar-refractivity contribution >= 4 is 17.7 Å². The lowest BCUT2D eigenvalue weighted by molar-refractivity contribution is -0.838. The van der Waals surface area contributed by atoms with E-state index in [4.69, 9.17) is 0 Å². The molecule has 19 heavy (non-hydrogen) atoms. The molecule has 8 heteroatoms. The van der Waals surface area contributed by atoms with Crippen LogP contribution in [0.15, 0.2) is 24.3 Å². The number of anilines is 1. The predicted molar refractivity (Wildman–Crippen MR) is 60.0 cm³/mol. The summed E-state index contributed by atoms with van der Waals surface area (Å²) in [5.41, 5.74) is 0.779. The van der Waals surface area contributed by atoms with Crippen molar-refractivity contribution in [1.82, 2.24) is 5.43 Å². The summed E-state index contributed by atoms with van der Waals surface area (Å²) in [5.74, 6) is 0. The quantitative estimate of drug-likeness (QED) is 0.799. The van der Waals surface area contributed by atoms with Gasteiger partial charge in [0.15, 0.2) is 0 Å². The van der Waals surface area contributed by atoms with Gasteiger partial charge in [-0.3, -0.25) is 0 Å². The molecule has 1 aromatic rings. The summed E-state index contributed by atoms with van der Waals surface area (Å²) in [6.45, 7) is 0. The fraction of sp³-hybridized carbons (Fsp3) is 0.273. The monoisotopic (exact) mass is 274 g/mol. The molecule has 1 aliphatic heterocycles. The minimum atomic E-state index is -4.64. The molecule has 0 saturated carbocycles. The van der Waals surface area contributed by atoms with Crippen LogP contribution in [0.1, 0.15) is 5.56 Å². The van der Waals surface area contributed by atoms with Crippen molar-refractivity contribution in [2.75, 3.05) is 19.0 Å². The van der Waals surface area contributed by atoms with Gasteiger partial charge in [0.25, 0.3) is 0 Å². The van der Waals surface area contributed by atoms with E-state index in [1.807, 2.05) is 0 Å². The Bertz CT molecular complexity index is 554. The summed E-state index contributed by atoms with van der Waals surface area (Å²) in [5, 5.41) is 0. The number of quaternary nitrogens is 1. The van der Waals surface area contributed by atoms with Crippen LogP contribution < -0.4 is 10.3 Å². The van der Waals surface area contributed by atoms with E-state index >= 15 is 0 Å². The first-order valence-corrected chi connectivity index (χ1v) is 5.32. The van der Waals surface area contributed by atoms with Crippen LogP contribution in [0.4, 0.5) is 28.4 Å². The number of imide groups is 1. The third-order valence-corrected chi connectivity index (χ3v) is 2.70. The largest absolute Gasteiger partial charge is 0.456 e. The summed E-state index contributed by atoms with van der Waals surface area (Å²) in [6.07, 6.45) is -4.64. The molecule has 1 saturated heterocycles. The molecule has 1 N–H and O–H groups in total. The molecule has 0 aliphatic carbocycles. The Morgan fingerprint density at radius 1 is 1.16 bits per heavy atom. The number of hydrogen-bond acceptors (Lipinski definition) is 2. The van der Waals surface area contributed by atoms with Crippen molar-refractivity contribution in [3.05, 3.63) is 29.8 Å². The molecule has 1 aliphatic rings. The molecular weight excluding hydrogens is 263 g/mol. The smallest absolute Gasteiger partial charge is 0.242 e. The van der Waals surface area contributed by atoms with Crippen molar-refractivity contribution in [2.45, 2.75) is 6.18 Å². The van der Waals surface area contributed by atoms with Gasteiger partial charge in [-0.15, -0.1) is 4.59 Å². The fourth-order valence-corrected chi connectivity index (χ4v) is 1.79. The summed E-state index contributed by atoms with van der Waals surface area (Å²) in [6, 6.07) is 2.79. The predicted octanol–water partition coefficient (Wildman–Crippen LogP) is 2.35. The lowest BCUT2D eigenvalue weighted by Crippen LogP contribution is -2.50. The molecule has 2 rings (SSSR count). The number of halogens is 3. The average Bonchev–Trinajstić information content (AvgIpc) is 2.47. The maximum absolute atomic E-state index is 12.9. The molecule has 1 aromatic carbocycles. The Labute approximate surface area is 106 Å². The molecule has 0 radical (unpaired) electrons. The van der Waals surface area contributed by atoms with E-state index in [-0.39, 0.29) is 0 Å². The summed E-state index contributed by atoms with van der Waals surface area (Å²) >= 11 is 0. The van der Waals surface area contributed by atoms with Crippen LogP contribution in [0.2, 0.25) is 0 Å². The van der Waals surface area contributed by atoms with Crippen molar-refractivity contribution in [1.29, 1.82) is 0 Å². The molecule has 0 bridgehead atoms. The molecule has 102 valence electrons. The Morgan fingerprint density at radius 2 is 1.74 bits per heavy atom. The highest BCUT2D eigenvalue weighted by Gasteiger charge is 2.50. The third kappa shape index (κ3) is 2.14. The fourth-order valence-electron chi connectivity index (χ4n) is 1.79. The van der Waals surface area contributed by atoms with E-state index in [2.05, 4.69) is 5.43 Å². The Balaban J connectivity index is 2.55. The van der Waals surface area contributed by atoms with Crippen LogP contribution in [-0.4, -0.2) is 30.7 Å². The van der Waals surface area contributed by atoms with E-state index in [1.54, 1.807) is 0 Å². The van der Waals surface area contributed by atoms with Gasteiger partial charge in [-0.05, 0) is 12.1 Å². The molecule has 1 heterocycles. The maximum Gasteiger partial charge on any atom is 0.456 e. The number of carbonyl (C=O) groups is 2. The molecule has 0 aromatic heterocycles. The highest BCUT2D eigenvalue weighted by molar-refractivity contribution is 6.14. The first kappa shape index (κ1) is 13.3. The van der Waals surface area contributed by atoms with Crippen molar-refractivity contribution in [3.63, 3.8) is 0 Å². The molecule has 0 unspecified atom stereocenters. The zero-order chi connectivity index (χ0) is 14.4. The summed E-state index contributed by atoms with van der Waals surface area (Å²) in [4.78, 5) is 24.2. The van der Waals surface area contributed by atoms with Crippen molar-refractivity contribution in [3.8, 4) is 0 Å². The van der Waals surface area contributed by atoms with Gasteiger partial charge < -0.3 is 0 Å². The van der Waals surface area contributed by atoms with Gasteiger partial charge >= 0.3 is 18.2 Å². The zero-order valence-corrected chi connectivity index (χ0v) is 10.2. The molecule has 1 fully saturated rings. The second-order valence-corrected chi connectivity index (χ2v) is 4.50. The molecule has 0 atom stereocenters.